The van der Waals surface area contributed by atoms with Crippen LogP contribution in [0.5, 0.6) is 0 Å². The van der Waals surface area contributed by atoms with Gasteiger partial charge in [0.1, 0.15) is 23.9 Å². The van der Waals surface area contributed by atoms with Crippen molar-refractivity contribution in [3.63, 3.8) is 0 Å². The summed E-state index contributed by atoms with van der Waals surface area (Å²) < 4.78 is 15.3. The molecule has 1 aromatic heterocycles. The van der Waals surface area contributed by atoms with Gasteiger partial charge in [-0.3, -0.25) is 19.3 Å². The molecular weight excluding hydrogens is 485 g/mol. The van der Waals surface area contributed by atoms with Crippen LogP contribution in [0.1, 0.15) is 54.6 Å². The van der Waals surface area contributed by atoms with Crippen LogP contribution >= 0.6 is 0 Å². The van der Waals surface area contributed by atoms with Crippen molar-refractivity contribution < 1.29 is 18.8 Å². The molecule has 5 rings (SSSR count). The average molecular weight is 514 g/mol. The summed E-state index contributed by atoms with van der Waals surface area (Å²) in [5, 5.41) is 11.4. The van der Waals surface area contributed by atoms with Gasteiger partial charge in [0.15, 0.2) is 5.78 Å². The Morgan fingerprint density at radius 1 is 1.03 bits per heavy atom. The fourth-order valence-corrected chi connectivity index (χ4v) is 4.96. The SMILES string of the molecule is CC(=O)c1cccc(N(C(=O)Cn2nnc3ccccc32)C(C(=O)NC2CCCC2)c2ccc(F)cc2)c1. The molecule has 9 heteroatoms. The largest absolute Gasteiger partial charge is 0.351 e. The molecule has 1 aliphatic carbocycles. The van der Waals surface area contributed by atoms with Crippen LogP contribution in [0.25, 0.3) is 11.0 Å². The molecule has 38 heavy (non-hydrogen) atoms. The van der Waals surface area contributed by atoms with E-state index in [4.69, 9.17) is 0 Å². The Morgan fingerprint density at radius 3 is 2.50 bits per heavy atom. The number of amides is 2. The van der Waals surface area contributed by atoms with E-state index < -0.39 is 17.8 Å². The zero-order valence-electron chi connectivity index (χ0n) is 21.0. The van der Waals surface area contributed by atoms with Crippen molar-refractivity contribution >= 4 is 34.3 Å². The van der Waals surface area contributed by atoms with Crippen molar-refractivity contribution in [2.45, 2.75) is 51.2 Å². The Morgan fingerprint density at radius 2 is 1.76 bits per heavy atom. The second-order valence-corrected chi connectivity index (χ2v) is 9.55. The van der Waals surface area contributed by atoms with Gasteiger partial charge in [0, 0.05) is 17.3 Å². The van der Waals surface area contributed by atoms with Gasteiger partial charge in [-0.05, 0) is 61.7 Å². The minimum atomic E-state index is -1.10. The number of nitrogens with zero attached hydrogens (tertiary/aromatic N) is 4. The Bertz CT molecular complexity index is 1480. The molecule has 8 nitrogen and oxygen atoms in total. The number of Topliss-reactive ketones (excluding diaryl/α,β-unsaturated/α-hetero) is 1. The standard InChI is InChI=1S/C29H28FN5O3/c1-19(36)21-7-6-10-24(17-21)35(27(37)18-34-26-12-5-4-11-25(26)32-33-34)28(20-13-15-22(30)16-14-20)29(38)31-23-8-2-3-9-23/h4-7,10-17,23,28H,2-3,8-9,18H2,1H3,(H,31,38). The molecule has 0 radical (unpaired) electrons. The maximum Gasteiger partial charge on any atom is 0.249 e. The molecule has 1 unspecified atom stereocenters. The van der Waals surface area contributed by atoms with Crippen molar-refractivity contribution in [1.29, 1.82) is 0 Å². The third-order valence-electron chi connectivity index (χ3n) is 6.90. The van der Waals surface area contributed by atoms with Gasteiger partial charge in [-0.15, -0.1) is 5.10 Å². The highest BCUT2D eigenvalue weighted by molar-refractivity contribution is 6.03. The van der Waals surface area contributed by atoms with Crippen molar-refractivity contribution in [1.82, 2.24) is 20.3 Å². The summed E-state index contributed by atoms with van der Waals surface area (Å²) in [6, 6.07) is 18.4. The first-order valence-corrected chi connectivity index (χ1v) is 12.7. The summed E-state index contributed by atoms with van der Waals surface area (Å²) in [6.07, 6.45) is 3.77. The van der Waals surface area contributed by atoms with Crippen molar-refractivity contribution in [3.05, 3.63) is 89.7 Å². The second-order valence-electron chi connectivity index (χ2n) is 9.55. The van der Waals surface area contributed by atoms with Crippen molar-refractivity contribution in [3.8, 4) is 0 Å². The molecule has 4 aromatic rings. The Kier molecular flexibility index (Phi) is 7.26. The molecule has 0 saturated heterocycles. The number of aromatic nitrogens is 3. The summed E-state index contributed by atoms with van der Waals surface area (Å²) in [7, 11) is 0. The number of hydrogen-bond acceptors (Lipinski definition) is 5. The molecule has 1 fully saturated rings. The van der Waals surface area contributed by atoms with E-state index in [9.17, 15) is 18.8 Å². The summed E-state index contributed by atoms with van der Waals surface area (Å²) in [5.41, 5.74) is 2.54. The predicted octanol–water partition coefficient (Wildman–Crippen LogP) is 4.61. The molecule has 194 valence electrons. The summed E-state index contributed by atoms with van der Waals surface area (Å²) in [5.74, 6) is -1.42. The number of fused-ring (bicyclic) bond motifs is 1. The lowest BCUT2D eigenvalue weighted by atomic mass is 10.0. The molecule has 0 spiro atoms. The van der Waals surface area contributed by atoms with Crippen LogP contribution in [-0.2, 0) is 16.1 Å². The second kappa shape index (κ2) is 10.9. The molecule has 3 aromatic carbocycles. The lowest BCUT2D eigenvalue weighted by Crippen LogP contribution is -2.47. The number of hydrogen-bond donors (Lipinski definition) is 1. The van der Waals surface area contributed by atoms with E-state index >= 15 is 0 Å². The van der Waals surface area contributed by atoms with E-state index in [2.05, 4.69) is 15.6 Å². The lowest BCUT2D eigenvalue weighted by molar-refractivity contribution is -0.127. The number of carbonyl (C=O) groups excluding carboxylic acids is 3. The number of nitrogens with one attached hydrogen (secondary N) is 1. The number of halogens is 1. The van der Waals surface area contributed by atoms with Gasteiger partial charge in [0.05, 0.1) is 5.52 Å². The first-order valence-electron chi connectivity index (χ1n) is 12.7. The van der Waals surface area contributed by atoms with E-state index in [-0.39, 0.29) is 24.3 Å². The zero-order chi connectivity index (χ0) is 26.6. The topological polar surface area (TPSA) is 97.2 Å². The molecule has 1 heterocycles. The van der Waals surface area contributed by atoms with E-state index in [1.165, 1.54) is 40.8 Å². The van der Waals surface area contributed by atoms with Crippen molar-refractivity contribution in [2.75, 3.05) is 4.90 Å². The number of para-hydroxylation sites is 1. The smallest absolute Gasteiger partial charge is 0.249 e. The Labute approximate surface area is 219 Å². The normalized spacial score (nSPS) is 14.4. The minimum absolute atomic E-state index is 0.00483. The lowest BCUT2D eigenvalue weighted by Gasteiger charge is -2.32. The predicted molar refractivity (Wildman–Crippen MR) is 141 cm³/mol. The quantitative estimate of drug-likeness (QED) is 0.347. The van der Waals surface area contributed by atoms with E-state index in [1.807, 2.05) is 18.2 Å². The van der Waals surface area contributed by atoms with Crippen molar-refractivity contribution in [2.24, 2.45) is 0 Å². The molecule has 1 atom stereocenters. The monoisotopic (exact) mass is 513 g/mol. The Hall–Kier alpha value is -4.40. The van der Waals surface area contributed by atoms with Gasteiger partial charge in [-0.25, -0.2) is 9.07 Å². The van der Waals surface area contributed by atoms with Gasteiger partial charge in [0.2, 0.25) is 11.8 Å². The maximum absolute atomic E-state index is 14.1. The fraction of sp³-hybridized carbons (Fsp3) is 0.276. The highest BCUT2D eigenvalue weighted by Gasteiger charge is 2.35. The minimum Gasteiger partial charge on any atom is -0.351 e. The Balaban J connectivity index is 1.60. The molecule has 0 aliphatic heterocycles. The number of anilines is 1. The highest BCUT2D eigenvalue weighted by atomic mass is 19.1. The van der Waals surface area contributed by atoms with Gasteiger partial charge in [-0.1, -0.05) is 54.5 Å². The van der Waals surface area contributed by atoms with Crippen LogP contribution in [0.3, 0.4) is 0 Å². The summed E-state index contributed by atoms with van der Waals surface area (Å²) in [6.45, 7) is 1.25. The summed E-state index contributed by atoms with van der Waals surface area (Å²) in [4.78, 5) is 41.5. The van der Waals surface area contributed by atoms with Gasteiger partial charge in [0.25, 0.3) is 0 Å². The van der Waals surface area contributed by atoms with E-state index in [0.29, 0.717) is 27.8 Å². The highest BCUT2D eigenvalue weighted by Crippen LogP contribution is 2.31. The fourth-order valence-electron chi connectivity index (χ4n) is 4.96. The first kappa shape index (κ1) is 25.3. The third-order valence-corrected chi connectivity index (χ3v) is 6.90. The maximum atomic E-state index is 14.1. The summed E-state index contributed by atoms with van der Waals surface area (Å²) >= 11 is 0. The van der Waals surface area contributed by atoms with Crippen LogP contribution in [-0.4, -0.2) is 38.6 Å². The molecular formula is C29H28FN5O3. The molecule has 1 saturated carbocycles. The van der Waals surface area contributed by atoms with Crippen LogP contribution < -0.4 is 10.2 Å². The molecule has 1 aliphatic rings. The van der Waals surface area contributed by atoms with Crippen LogP contribution in [0.2, 0.25) is 0 Å². The number of ketones is 1. The van der Waals surface area contributed by atoms with Crippen LogP contribution in [0.15, 0.2) is 72.8 Å². The van der Waals surface area contributed by atoms with E-state index in [0.717, 1.165) is 25.7 Å². The number of benzene rings is 3. The van der Waals surface area contributed by atoms with Gasteiger partial charge < -0.3 is 5.32 Å². The van der Waals surface area contributed by atoms with E-state index in [1.54, 1.807) is 30.3 Å². The molecule has 2 amide bonds. The number of rotatable bonds is 8. The average Bonchev–Trinajstić information content (AvgIpc) is 3.58. The molecule has 1 N–H and O–H groups in total. The van der Waals surface area contributed by atoms with Gasteiger partial charge in [-0.2, -0.15) is 0 Å². The number of carbonyl (C=O) groups is 3. The van der Waals surface area contributed by atoms with Crippen LogP contribution in [0, 0.1) is 5.82 Å². The zero-order valence-corrected chi connectivity index (χ0v) is 21.0. The van der Waals surface area contributed by atoms with Gasteiger partial charge >= 0.3 is 0 Å². The molecule has 0 bridgehead atoms. The third kappa shape index (κ3) is 5.32. The first-order chi connectivity index (χ1) is 18.4. The van der Waals surface area contributed by atoms with Crippen LogP contribution in [0.4, 0.5) is 10.1 Å².